The van der Waals surface area contributed by atoms with Gasteiger partial charge in [-0.25, -0.2) is 0 Å². The minimum absolute atomic E-state index is 0.105. The van der Waals surface area contributed by atoms with Crippen molar-refractivity contribution in [3.05, 3.63) is 0 Å². The van der Waals surface area contributed by atoms with Crippen molar-refractivity contribution in [2.45, 2.75) is 32.7 Å². The summed E-state index contributed by atoms with van der Waals surface area (Å²) in [6, 6.07) is 0.105. The number of nitrogens with one attached hydrogen (secondary N) is 1. The Morgan fingerprint density at radius 3 is 2.50 bits per heavy atom. The molecule has 0 saturated heterocycles. The molecule has 0 radical (unpaired) electrons. The van der Waals surface area contributed by atoms with E-state index in [-0.39, 0.29) is 6.04 Å². The van der Waals surface area contributed by atoms with Crippen molar-refractivity contribution in [2.75, 3.05) is 6.66 Å². The lowest BCUT2D eigenvalue weighted by Crippen LogP contribution is -2.29. The fraction of sp³-hybridized carbons (Fsp3) is 0.857. The monoisotopic (exact) mass is 161 g/mol. The van der Waals surface area contributed by atoms with E-state index in [1.807, 2.05) is 20.5 Å². The van der Waals surface area contributed by atoms with E-state index in [1.165, 1.54) is 0 Å². The third-order valence-electron chi connectivity index (χ3n) is 1.46. The Hall–Kier alpha value is 0.0600. The summed E-state index contributed by atoms with van der Waals surface area (Å²) in [5.41, 5.74) is 0. The summed E-state index contributed by atoms with van der Waals surface area (Å²) in [7, 11) is 0.670. The van der Waals surface area contributed by atoms with Crippen molar-refractivity contribution in [1.29, 1.82) is 0 Å². The Labute approximate surface area is 64.6 Å². The minimum Gasteiger partial charge on any atom is -0.298 e. The van der Waals surface area contributed by atoms with E-state index in [2.05, 4.69) is 5.09 Å². The number of carbonyl (C=O) groups is 1. The van der Waals surface area contributed by atoms with E-state index in [9.17, 15) is 4.79 Å². The molecule has 0 aliphatic rings. The summed E-state index contributed by atoms with van der Waals surface area (Å²) in [5.74, 6) is 0.330. The molecule has 1 N–H and O–H groups in total. The van der Waals surface area contributed by atoms with E-state index >= 15 is 0 Å². The zero-order valence-electron chi connectivity index (χ0n) is 6.90. The summed E-state index contributed by atoms with van der Waals surface area (Å²) >= 11 is 0. The lowest BCUT2D eigenvalue weighted by atomic mass is 10.1. The van der Waals surface area contributed by atoms with Crippen LogP contribution in [0.15, 0.2) is 0 Å². The summed E-state index contributed by atoms with van der Waals surface area (Å²) in [6.45, 7) is 5.99. The number of rotatable bonds is 5. The number of hydrogen-bond acceptors (Lipinski definition) is 2. The van der Waals surface area contributed by atoms with Crippen LogP contribution in [0.25, 0.3) is 0 Å². The number of hydrogen-bond donors (Lipinski definition) is 1. The first kappa shape index (κ1) is 10.1. The molecule has 0 aromatic heterocycles. The highest BCUT2D eigenvalue weighted by Gasteiger charge is 2.11. The highest BCUT2D eigenvalue weighted by Crippen LogP contribution is 2.03. The van der Waals surface area contributed by atoms with Gasteiger partial charge in [0.1, 0.15) is 5.78 Å². The first-order valence-corrected chi connectivity index (χ1v) is 5.21. The highest BCUT2D eigenvalue weighted by molar-refractivity contribution is 7.34. The zero-order chi connectivity index (χ0) is 7.98. The van der Waals surface area contributed by atoms with Crippen molar-refractivity contribution in [3.8, 4) is 0 Å². The third-order valence-corrected chi connectivity index (χ3v) is 2.10. The molecule has 0 fully saturated rings. The van der Waals surface area contributed by atoms with Crippen molar-refractivity contribution in [3.63, 3.8) is 0 Å². The summed E-state index contributed by atoms with van der Waals surface area (Å²) in [5, 5.41) is 3.16. The third kappa shape index (κ3) is 3.28. The Morgan fingerprint density at radius 2 is 2.20 bits per heavy atom. The lowest BCUT2D eigenvalue weighted by molar-refractivity contribution is -0.120. The average Bonchev–Trinajstić information content (AvgIpc) is 1.99. The standard InChI is InChI=1S/C7H16NOP/c1-4-6(8-10-3)7(9)5-2/h6,8,10H,4-5H2,1-3H3. The molecule has 0 amide bonds. The molecule has 2 unspecified atom stereocenters. The van der Waals surface area contributed by atoms with Crippen LogP contribution in [0.2, 0.25) is 0 Å². The molecule has 0 rings (SSSR count). The van der Waals surface area contributed by atoms with Crippen molar-refractivity contribution < 1.29 is 4.79 Å². The predicted octanol–water partition coefficient (Wildman–Crippen LogP) is 1.56. The van der Waals surface area contributed by atoms with Crippen molar-refractivity contribution >= 4 is 14.5 Å². The molecule has 0 aromatic rings. The van der Waals surface area contributed by atoms with Crippen LogP contribution in [-0.2, 0) is 4.79 Å². The average molecular weight is 161 g/mol. The number of Topliss-reactive ketones (excluding diaryl/α,β-unsaturated/α-hetero) is 1. The van der Waals surface area contributed by atoms with Crippen LogP contribution in [0, 0.1) is 0 Å². The number of carbonyl (C=O) groups excluding carboxylic acids is 1. The second kappa shape index (κ2) is 5.82. The van der Waals surface area contributed by atoms with Gasteiger partial charge in [0.25, 0.3) is 0 Å². The fourth-order valence-corrected chi connectivity index (χ4v) is 1.54. The molecular formula is C7H16NOP. The van der Waals surface area contributed by atoms with Crippen molar-refractivity contribution in [2.24, 2.45) is 0 Å². The van der Waals surface area contributed by atoms with E-state index in [0.29, 0.717) is 20.9 Å². The van der Waals surface area contributed by atoms with Gasteiger partial charge in [0.15, 0.2) is 0 Å². The molecule has 0 aliphatic heterocycles. The predicted molar refractivity (Wildman–Crippen MR) is 46.8 cm³/mol. The summed E-state index contributed by atoms with van der Waals surface area (Å²) in [6.07, 6.45) is 1.56. The maximum Gasteiger partial charge on any atom is 0.149 e. The first-order valence-electron chi connectivity index (χ1n) is 3.71. The summed E-state index contributed by atoms with van der Waals surface area (Å²) < 4.78 is 0. The molecule has 0 spiro atoms. The van der Waals surface area contributed by atoms with Crippen LogP contribution >= 0.6 is 8.73 Å². The van der Waals surface area contributed by atoms with E-state index in [0.717, 1.165) is 6.42 Å². The van der Waals surface area contributed by atoms with E-state index in [4.69, 9.17) is 0 Å². The molecule has 0 bridgehead atoms. The zero-order valence-corrected chi connectivity index (χ0v) is 7.90. The van der Waals surface area contributed by atoms with Gasteiger partial charge >= 0.3 is 0 Å². The lowest BCUT2D eigenvalue weighted by Gasteiger charge is -2.12. The SMILES string of the molecule is CCC(=O)C(CC)NPC. The molecule has 3 heteroatoms. The quantitative estimate of drug-likeness (QED) is 0.620. The second-order valence-corrected chi connectivity index (χ2v) is 2.96. The van der Waals surface area contributed by atoms with Gasteiger partial charge in [0, 0.05) is 6.42 Å². The van der Waals surface area contributed by atoms with Crippen LogP contribution < -0.4 is 5.09 Å². The Morgan fingerprint density at radius 1 is 1.60 bits per heavy atom. The second-order valence-electron chi connectivity index (χ2n) is 2.18. The van der Waals surface area contributed by atoms with Gasteiger partial charge in [-0.15, -0.1) is 0 Å². The van der Waals surface area contributed by atoms with Crippen LogP contribution in [0.1, 0.15) is 26.7 Å². The van der Waals surface area contributed by atoms with E-state index < -0.39 is 0 Å². The van der Waals surface area contributed by atoms with Gasteiger partial charge in [-0.2, -0.15) is 0 Å². The number of ketones is 1. The molecule has 0 aliphatic carbocycles. The van der Waals surface area contributed by atoms with Crippen LogP contribution in [0.4, 0.5) is 0 Å². The molecule has 10 heavy (non-hydrogen) atoms. The van der Waals surface area contributed by atoms with E-state index in [1.54, 1.807) is 0 Å². The topological polar surface area (TPSA) is 29.1 Å². The van der Waals surface area contributed by atoms with Crippen LogP contribution in [0.5, 0.6) is 0 Å². The van der Waals surface area contributed by atoms with Gasteiger partial charge in [-0.05, 0) is 13.1 Å². The smallest absolute Gasteiger partial charge is 0.149 e. The van der Waals surface area contributed by atoms with Crippen LogP contribution in [0.3, 0.4) is 0 Å². The molecule has 2 atom stereocenters. The van der Waals surface area contributed by atoms with Gasteiger partial charge in [0.05, 0.1) is 6.04 Å². The normalized spacial score (nSPS) is 14.3. The maximum atomic E-state index is 11.1. The van der Waals surface area contributed by atoms with Gasteiger partial charge in [-0.3, -0.25) is 9.88 Å². The first-order chi connectivity index (χ1) is 4.76. The van der Waals surface area contributed by atoms with Gasteiger partial charge in [0.2, 0.25) is 0 Å². The molecule has 60 valence electrons. The summed E-state index contributed by atoms with van der Waals surface area (Å²) in [4.78, 5) is 11.1. The highest BCUT2D eigenvalue weighted by atomic mass is 31.1. The molecular weight excluding hydrogens is 145 g/mol. The van der Waals surface area contributed by atoms with Gasteiger partial charge < -0.3 is 0 Å². The Balaban J connectivity index is 3.68. The minimum atomic E-state index is 0.105. The van der Waals surface area contributed by atoms with Gasteiger partial charge in [-0.1, -0.05) is 22.6 Å². The Kier molecular flexibility index (Phi) is 5.85. The largest absolute Gasteiger partial charge is 0.298 e. The molecule has 2 nitrogen and oxygen atoms in total. The molecule has 0 heterocycles. The Bertz CT molecular complexity index is 106. The van der Waals surface area contributed by atoms with Crippen LogP contribution in [-0.4, -0.2) is 18.5 Å². The fourth-order valence-electron chi connectivity index (χ4n) is 0.831. The van der Waals surface area contributed by atoms with Crippen molar-refractivity contribution in [1.82, 2.24) is 5.09 Å². The molecule has 0 saturated carbocycles. The molecule has 0 aromatic carbocycles. The maximum absolute atomic E-state index is 11.1.